The van der Waals surface area contributed by atoms with E-state index in [9.17, 15) is 9.59 Å². The summed E-state index contributed by atoms with van der Waals surface area (Å²) in [5, 5.41) is 2.98. The van der Waals surface area contributed by atoms with Crippen molar-refractivity contribution in [3.8, 4) is 5.75 Å². The van der Waals surface area contributed by atoms with Crippen molar-refractivity contribution < 1.29 is 14.3 Å². The van der Waals surface area contributed by atoms with Crippen molar-refractivity contribution in [2.45, 2.75) is 37.8 Å². The molecule has 112 valence electrons. The maximum absolute atomic E-state index is 12.3. The molecule has 1 atom stereocenters. The normalized spacial score (nSPS) is 21.1. The number of nitrogens with one attached hydrogen (secondary N) is 1. The van der Waals surface area contributed by atoms with Crippen LogP contribution in [0.5, 0.6) is 5.75 Å². The molecule has 3 rings (SSSR count). The summed E-state index contributed by atoms with van der Waals surface area (Å²) in [6.07, 6.45) is 3.74. The van der Waals surface area contributed by atoms with E-state index >= 15 is 0 Å². The molecule has 21 heavy (non-hydrogen) atoms. The van der Waals surface area contributed by atoms with E-state index in [1.54, 1.807) is 4.90 Å². The van der Waals surface area contributed by atoms with Gasteiger partial charge in [-0.15, -0.1) is 0 Å². The Morgan fingerprint density at radius 1 is 1.19 bits per heavy atom. The molecule has 2 amide bonds. The third-order valence-corrected chi connectivity index (χ3v) is 3.91. The summed E-state index contributed by atoms with van der Waals surface area (Å²) >= 11 is 0. The second kappa shape index (κ2) is 6.16. The van der Waals surface area contributed by atoms with E-state index in [1.807, 2.05) is 30.3 Å². The van der Waals surface area contributed by atoms with E-state index in [-0.39, 0.29) is 24.5 Å². The molecule has 1 aliphatic heterocycles. The number of hydrogen-bond donors (Lipinski definition) is 1. The highest BCUT2D eigenvalue weighted by atomic mass is 16.5. The van der Waals surface area contributed by atoms with E-state index in [2.05, 4.69) is 5.32 Å². The van der Waals surface area contributed by atoms with Gasteiger partial charge in [-0.1, -0.05) is 18.2 Å². The van der Waals surface area contributed by atoms with Gasteiger partial charge in [0.15, 0.2) is 6.61 Å². The lowest BCUT2D eigenvalue weighted by Crippen LogP contribution is -2.47. The fourth-order valence-electron chi connectivity index (χ4n) is 2.61. The number of nitrogens with zero attached hydrogens (tertiary/aromatic N) is 1. The monoisotopic (exact) mass is 288 g/mol. The first-order valence-corrected chi connectivity index (χ1v) is 7.52. The van der Waals surface area contributed by atoms with E-state index in [0.29, 0.717) is 18.3 Å². The molecule has 5 nitrogen and oxygen atoms in total. The number of para-hydroxylation sites is 1. The van der Waals surface area contributed by atoms with E-state index in [1.165, 1.54) is 0 Å². The van der Waals surface area contributed by atoms with Crippen LogP contribution in [0.25, 0.3) is 0 Å². The Labute approximate surface area is 124 Å². The number of carbonyl (C=O) groups is 2. The highest BCUT2D eigenvalue weighted by molar-refractivity contribution is 5.89. The van der Waals surface area contributed by atoms with E-state index in [4.69, 9.17) is 4.74 Å². The maximum atomic E-state index is 12.3. The standard InChI is InChI=1S/C16H20N2O3/c19-15(11-21-13-5-2-1-3-6-13)18-10-4-7-14(18)16(20)17-12-8-9-12/h1-3,5-6,12,14H,4,7-11H2,(H,17,20). The van der Waals surface area contributed by atoms with Gasteiger partial charge in [-0.25, -0.2) is 0 Å². The first-order valence-electron chi connectivity index (χ1n) is 7.52. The second-order valence-corrected chi connectivity index (χ2v) is 5.63. The Bertz CT molecular complexity index is 514. The van der Waals surface area contributed by atoms with Crippen LogP contribution in [-0.2, 0) is 9.59 Å². The molecule has 1 aromatic carbocycles. The number of benzene rings is 1. The summed E-state index contributed by atoms with van der Waals surface area (Å²) in [4.78, 5) is 26.0. The van der Waals surface area contributed by atoms with Crippen molar-refractivity contribution >= 4 is 11.8 Å². The van der Waals surface area contributed by atoms with Gasteiger partial charge in [-0.2, -0.15) is 0 Å². The molecule has 1 unspecified atom stereocenters. The topological polar surface area (TPSA) is 58.6 Å². The Hall–Kier alpha value is -2.04. The molecule has 1 saturated heterocycles. The van der Waals surface area contributed by atoms with Gasteiger partial charge in [0.05, 0.1) is 0 Å². The highest BCUT2D eigenvalue weighted by Crippen LogP contribution is 2.22. The minimum atomic E-state index is -0.322. The molecule has 0 spiro atoms. The summed E-state index contributed by atoms with van der Waals surface area (Å²) in [6.45, 7) is 0.622. The van der Waals surface area contributed by atoms with Crippen LogP contribution in [0.15, 0.2) is 30.3 Å². The van der Waals surface area contributed by atoms with Gasteiger partial charge in [-0.05, 0) is 37.8 Å². The van der Waals surface area contributed by atoms with Crippen molar-refractivity contribution in [3.63, 3.8) is 0 Å². The molecule has 1 aromatic rings. The SMILES string of the molecule is O=C(NC1CC1)C1CCCN1C(=O)COc1ccccc1. The molecule has 5 heteroatoms. The molecule has 2 aliphatic rings. The van der Waals surface area contributed by atoms with Crippen LogP contribution < -0.4 is 10.1 Å². The maximum Gasteiger partial charge on any atom is 0.261 e. The van der Waals surface area contributed by atoms with Gasteiger partial charge in [0.1, 0.15) is 11.8 Å². The lowest BCUT2D eigenvalue weighted by Gasteiger charge is -2.24. The second-order valence-electron chi connectivity index (χ2n) is 5.63. The molecule has 2 fully saturated rings. The van der Waals surface area contributed by atoms with Crippen molar-refractivity contribution in [1.29, 1.82) is 0 Å². The smallest absolute Gasteiger partial charge is 0.261 e. The molecule has 0 aromatic heterocycles. The zero-order valence-electron chi connectivity index (χ0n) is 12.0. The number of likely N-dealkylation sites (tertiary alicyclic amines) is 1. The lowest BCUT2D eigenvalue weighted by molar-refractivity contribution is -0.140. The van der Waals surface area contributed by atoms with Crippen LogP contribution in [0.2, 0.25) is 0 Å². The average molecular weight is 288 g/mol. The molecule has 1 heterocycles. The first-order chi connectivity index (χ1) is 10.2. The van der Waals surface area contributed by atoms with Crippen molar-refractivity contribution in [3.05, 3.63) is 30.3 Å². The summed E-state index contributed by atoms with van der Waals surface area (Å²) in [5.74, 6) is 0.541. The van der Waals surface area contributed by atoms with Crippen LogP contribution in [0.4, 0.5) is 0 Å². The predicted molar refractivity (Wildman–Crippen MR) is 77.8 cm³/mol. The minimum Gasteiger partial charge on any atom is -0.484 e. The number of amides is 2. The molecule has 1 aliphatic carbocycles. The van der Waals surface area contributed by atoms with E-state index in [0.717, 1.165) is 25.7 Å². The third kappa shape index (κ3) is 3.54. The zero-order chi connectivity index (χ0) is 14.7. The number of rotatable bonds is 5. The summed E-state index contributed by atoms with van der Waals surface area (Å²) in [6, 6.07) is 9.26. The van der Waals surface area contributed by atoms with Gasteiger partial charge < -0.3 is 15.0 Å². The molecular formula is C16H20N2O3. The van der Waals surface area contributed by atoms with E-state index < -0.39 is 0 Å². The van der Waals surface area contributed by atoms with Crippen LogP contribution in [0, 0.1) is 0 Å². The first kappa shape index (κ1) is 13.9. The lowest BCUT2D eigenvalue weighted by atomic mass is 10.2. The van der Waals surface area contributed by atoms with Gasteiger partial charge in [0, 0.05) is 12.6 Å². The Balaban J connectivity index is 1.54. The van der Waals surface area contributed by atoms with Gasteiger partial charge in [-0.3, -0.25) is 9.59 Å². The summed E-state index contributed by atoms with van der Waals surface area (Å²) < 4.78 is 5.48. The molecule has 1 saturated carbocycles. The average Bonchev–Trinajstić information content (AvgIpc) is 3.18. The van der Waals surface area contributed by atoms with Gasteiger partial charge in [0.2, 0.25) is 5.91 Å². The predicted octanol–water partition coefficient (Wildman–Crippen LogP) is 1.33. The fraction of sp³-hybridized carbons (Fsp3) is 0.500. The molecule has 0 radical (unpaired) electrons. The van der Waals surface area contributed by atoms with Crippen molar-refractivity contribution in [1.82, 2.24) is 10.2 Å². The fourth-order valence-corrected chi connectivity index (χ4v) is 2.61. The summed E-state index contributed by atoms with van der Waals surface area (Å²) in [5.41, 5.74) is 0. The van der Waals surface area contributed by atoms with Crippen LogP contribution >= 0.6 is 0 Å². The third-order valence-electron chi connectivity index (χ3n) is 3.91. The number of hydrogen-bond acceptors (Lipinski definition) is 3. The summed E-state index contributed by atoms with van der Waals surface area (Å²) in [7, 11) is 0. The van der Waals surface area contributed by atoms with Crippen LogP contribution in [-0.4, -0.2) is 41.9 Å². The van der Waals surface area contributed by atoms with Gasteiger partial charge in [0.25, 0.3) is 5.91 Å². The Morgan fingerprint density at radius 2 is 1.95 bits per heavy atom. The number of carbonyl (C=O) groups excluding carboxylic acids is 2. The molecule has 1 N–H and O–H groups in total. The minimum absolute atomic E-state index is 0.0111. The zero-order valence-corrected chi connectivity index (χ0v) is 12.0. The molecular weight excluding hydrogens is 268 g/mol. The van der Waals surface area contributed by atoms with Crippen molar-refractivity contribution in [2.75, 3.05) is 13.2 Å². The highest BCUT2D eigenvalue weighted by Gasteiger charge is 2.36. The van der Waals surface area contributed by atoms with Gasteiger partial charge >= 0.3 is 0 Å². The largest absolute Gasteiger partial charge is 0.484 e. The Kier molecular flexibility index (Phi) is 4.08. The Morgan fingerprint density at radius 3 is 2.67 bits per heavy atom. The van der Waals surface area contributed by atoms with Crippen LogP contribution in [0.1, 0.15) is 25.7 Å². The quantitative estimate of drug-likeness (QED) is 0.889. The molecule has 0 bridgehead atoms. The van der Waals surface area contributed by atoms with Crippen molar-refractivity contribution in [2.24, 2.45) is 0 Å². The van der Waals surface area contributed by atoms with Crippen LogP contribution in [0.3, 0.4) is 0 Å². The number of ether oxygens (including phenoxy) is 1.